The minimum atomic E-state index is -3.27. The Morgan fingerprint density at radius 3 is 2.37 bits per heavy atom. The third kappa shape index (κ3) is 6.09. The zero-order chi connectivity index (χ0) is 20.2. The van der Waals surface area contributed by atoms with E-state index in [9.17, 15) is 13.2 Å². The second-order valence-corrected chi connectivity index (χ2v) is 9.39. The van der Waals surface area contributed by atoms with Gasteiger partial charge in [-0.2, -0.15) is 0 Å². The highest BCUT2D eigenvalue weighted by molar-refractivity contribution is 7.92. The summed E-state index contributed by atoms with van der Waals surface area (Å²) in [6.45, 7) is 8.23. The van der Waals surface area contributed by atoms with Crippen molar-refractivity contribution in [1.82, 2.24) is 10.5 Å². The smallest absolute Gasteiger partial charge is 0.256 e. The number of hydrogen-bond donors (Lipinski definition) is 2. The van der Waals surface area contributed by atoms with Crippen molar-refractivity contribution >= 4 is 21.6 Å². The van der Waals surface area contributed by atoms with Crippen molar-refractivity contribution in [2.45, 2.75) is 46.0 Å². The summed E-state index contributed by atoms with van der Waals surface area (Å²) < 4.78 is 30.0. The Kier molecular flexibility index (Phi) is 6.30. The highest BCUT2D eigenvalue weighted by atomic mass is 32.2. The van der Waals surface area contributed by atoms with Crippen molar-refractivity contribution < 1.29 is 17.7 Å². The van der Waals surface area contributed by atoms with Gasteiger partial charge in [0, 0.05) is 17.6 Å². The molecule has 0 atom stereocenters. The first kappa shape index (κ1) is 21.0. The summed E-state index contributed by atoms with van der Waals surface area (Å²) in [7, 11) is -3.27. The Morgan fingerprint density at radius 1 is 1.19 bits per heavy atom. The normalized spacial score (nSPS) is 12.0. The van der Waals surface area contributed by atoms with Gasteiger partial charge in [0.2, 0.25) is 10.0 Å². The maximum Gasteiger partial charge on any atom is 0.256 e. The number of benzene rings is 1. The molecule has 148 valence electrons. The molecule has 1 heterocycles. The lowest BCUT2D eigenvalue weighted by Crippen LogP contribution is -2.28. The standard InChI is InChI=1S/C19H27N3O4S/c1-13-16(17(21-26-13)19(2,3)4)18(23)20-12-6-7-14-8-10-15(11-9-14)22-27(5,24)25/h8-11,22H,6-7,12H2,1-5H3,(H,20,23). The summed E-state index contributed by atoms with van der Waals surface area (Å²) in [4.78, 5) is 12.5. The summed E-state index contributed by atoms with van der Waals surface area (Å²) in [6, 6.07) is 7.20. The van der Waals surface area contributed by atoms with Crippen molar-refractivity contribution in [2.24, 2.45) is 0 Å². The maximum atomic E-state index is 12.5. The molecular formula is C19H27N3O4S. The zero-order valence-corrected chi connectivity index (χ0v) is 17.2. The lowest BCUT2D eigenvalue weighted by molar-refractivity contribution is 0.0949. The van der Waals surface area contributed by atoms with Crippen LogP contribution in [-0.2, 0) is 21.9 Å². The quantitative estimate of drug-likeness (QED) is 0.704. The third-order valence-corrected chi connectivity index (χ3v) is 4.59. The van der Waals surface area contributed by atoms with Gasteiger partial charge in [-0.05, 0) is 37.5 Å². The Bertz CT molecular complexity index is 894. The van der Waals surface area contributed by atoms with E-state index in [0.29, 0.717) is 29.2 Å². The number of carbonyl (C=O) groups is 1. The van der Waals surface area contributed by atoms with Gasteiger partial charge < -0.3 is 9.84 Å². The summed E-state index contributed by atoms with van der Waals surface area (Å²) in [5.74, 6) is 0.345. The van der Waals surface area contributed by atoms with Crippen LogP contribution in [0.3, 0.4) is 0 Å². The van der Waals surface area contributed by atoms with E-state index in [4.69, 9.17) is 4.52 Å². The fourth-order valence-electron chi connectivity index (χ4n) is 2.69. The largest absolute Gasteiger partial charge is 0.361 e. The summed E-state index contributed by atoms with van der Waals surface area (Å²) in [5, 5.41) is 6.95. The van der Waals surface area contributed by atoms with Gasteiger partial charge in [-0.25, -0.2) is 8.42 Å². The molecule has 1 amide bonds. The molecule has 0 radical (unpaired) electrons. The van der Waals surface area contributed by atoms with E-state index in [2.05, 4.69) is 15.2 Å². The van der Waals surface area contributed by atoms with E-state index >= 15 is 0 Å². The first-order valence-electron chi connectivity index (χ1n) is 8.79. The fraction of sp³-hybridized carbons (Fsp3) is 0.474. The number of carbonyl (C=O) groups excluding carboxylic acids is 1. The van der Waals surface area contributed by atoms with Gasteiger partial charge >= 0.3 is 0 Å². The number of anilines is 1. The molecule has 2 N–H and O–H groups in total. The first-order chi connectivity index (χ1) is 12.5. The lowest BCUT2D eigenvalue weighted by atomic mass is 9.88. The Labute approximate surface area is 160 Å². The highest BCUT2D eigenvalue weighted by Gasteiger charge is 2.28. The zero-order valence-electron chi connectivity index (χ0n) is 16.4. The van der Waals surface area contributed by atoms with Gasteiger partial charge in [-0.15, -0.1) is 0 Å². The molecule has 27 heavy (non-hydrogen) atoms. The van der Waals surface area contributed by atoms with Crippen molar-refractivity contribution in [3.63, 3.8) is 0 Å². The molecule has 0 aliphatic rings. The Balaban J connectivity index is 1.87. The van der Waals surface area contributed by atoms with Crippen LogP contribution in [0.1, 0.15) is 54.6 Å². The van der Waals surface area contributed by atoms with Crippen molar-refractivity contribution in [3.05, 3.63) is 46.8 Å². The lowest BCUT2D eigenvalue weighted by Gasteiger charge is -2.16. The van der Waals surface area contributed by atoms with Gasteiger partial charge in [0.05, 0.1) is 6.26 Å². The number of amides is 1. The average molecular weight is 394 g/mol. The van der Waals surface area contributed by atoms with Crippen LogP contribution < -0.4 is 10.0 Å². The Morgan fingerprint density at radius 2 is 1.81 bits per heavy atom. The van der Waals surface area contributed by atoms with Gasteiger partial charge in [0.15, 0.2) is 0 Å². The predicted molar refractivity (Wildman–Crippen MR) is 106 cm³/mol. The molecule has 0 fully saturated rings. The van der Waals surface area contributed by atoms with Crippen LogP contribution >= 0.6 is 0 Å². The molecule has 2 aromatic rings. The molecule has 7 nitrogen and oxygen atoms in total. The summed E-state index contributed by atoms with van der Waals surface area (Å²) in [5.41, 5.74) is 2.50. The number of aromatic nitrogens is 1. The molecule has 0 unspecified atom stereocenters. The second kappa shape index (κ2) is 8.12. The summed E-state index contributed by atoms with van der Waals surface area (Å²) in [6.07, 6.45) is 2.65. The monoisotopic (exact) mass is 393 g/mol. The molecule has 1 aromatic carbocycles. The minimum absolute atomic E-state index is 0.175. The number of nitrogens with one attached hydrogen (secondary N) is 2. The molecule has 0 saturated heterocycles. The molecule has 2 rings (SSSR count). The van der Waals surface area contributed by atoms with Gasteiger partial charge in [0.1, 0.15) is 17.0 Å². The number of aryl methyl sites for hydroxylation is 2. The van der Waals surface area contributed by atoms with Crippen LogP contribution in [0.15, 0.2) is 28.8 Å². The van der Waals surface area contributed by atoms with Crippen LogP contribution in [0.25, 0.3) is 0 Å². The van der Waals surface area contributed by atoms with Crippen LogP contribution in [0.2, 0.25) is 0 Å². The molecule has 0 aliphatic carbocycles. The van der Waals surface area contributed by atoms with E-state index in [1.165, 1.54) is 0 Å². The molecule has 8 heteroatoms. The van der Waals surface area contributed by atoms with E-state index < -0.39 is 10.0 Å². The molecule has 0 aliphatic heterocycles. The minimum Gasteiger partial charge on any atom is -0.361 e. The molecular weight excluding hydrogens is 366 g/mol. The van der Waals surface area contributed by atoms with Crippen molar-refractivity contribution in [2.75, 3.05) is 17.5 Å². The maximum absolute atomic E-state index is 12.5. The van der Waals surface area contributed by atoms with Gasteiger partial charge in [0.25, 0.3) is 5.91 Å². The predicted octanol–water partition coefficient (Wildman–Crippen LogP) is 3.01. The first-order valence-corrected chi connectivity index (χ1v) is 10.7. The molecule has 1 aromatic heterocycles. The topological polar surface area (TPSA) is 101 Å². The van der Waals surface area contributed by atoms with Crippen LogP contribution in [0, 0.1) is 6.92 Å². The molecule has 0 saturated carbocycles. The van der Waals surface area contributed by atoms with E-state index in [0.717, 1.165) is 24.7 Å². The van der Waals surface area contributed by atoms with E-state index in [-0.39, 0.29) is 11.3 Å². The molecule has 0 spiro atoms. The van der Waals surface area contributed by atoms with Crippen LogP contribution in [-0.4, -0.2) is 32.3 Å². The summed E-state index contributed by atoms with van der Waals surface area (Å²) >= 11 is 0. The van der Waals surface area contributed by atoms with Crippen LogP contribution in [0.5, 0.6) is 0 Å². The average Bonchev–Trinajstić information content (AvgIpc) is 2.93. The number of hydrogen-bond acceptors (Lipinski definition) is 5. The molecule has 0 bridgehead atoms. The van der Waals surface area contributed by atoms with E-state index in [1.807, 2.05) is 32.9 Å². The number of rotatable bonds is 7. The van der Waals surface area contributed by atoms with Crippen molar-refractivity contribution in [3.8, 4) is 0 Å². The SMILES string of the molecule is Cc1onc(C(C)(C)C)c1C(=O)NCCCc1ccc(NS(C)(=O)=O)cc1. The number of sulfonamides is 1. The Hall–Kier alpha value is -2.35. The number of nitrogens with zero attached hydrogens (tertiary/aromatic N) is 1. The fourth-order valence-corrected chi connectivity index (χ4v) is 3.25. The van der Waals surface area contributed by atoms with Crippen molar-refractivity contribution in [1.29, 1.82) is 0 Å². The third-order valence-electron chi connectivity index (χ3n) is 3.99. The second-order valence-electron chi connectivity index (χ2n) is 7.64. The van der Waals surface area contributed by atoms with Gasteiger partial charge in [-0.3, -0.25) is 9.52 Å². The van der Waals surface area contributed by atoms with Crippen LogP contribution in [0.4, 0.5) is 5.69 Å². The van der Waals surface area contributed by atoms with Gasteiger partial charge in [-0.1, -0.05) is 38.1 Å². The highest BCUT2D eigenvalue weighted by Crippen LogP contribution is 2.26. The van der Waals surface area contributed by atoms with E-state index in [1.54, 1.807) is 19.1 Å².